The third kappa shape index (κ3) is 3.87. The molecule has 1 aromatic carbocycles. The number of carboxylic acid groups (broad SMARTS) is 1. The Morgan fingerprint density at radius 1 is 1.39 bits per heavy atom. The molecule has 0 fully saturated rings. The summed E-state index contributed by atoms with van der Waals surface area (Å²) >= 11 is 5.93. The number of hydrogen-bond donors (Lipinski definition) is 2. The quantitative estimate of drug-likeness (QED) is 0.647. The largest absolute Gasteiger partial charge is 0.481 e. The average Bonchev–Trinajstić information content (AvgIpc) is 2.48. The van der Waals surface area contributed by atoms with Gasteiger partial charge in [-0.25, -0.2) is 0 Å². The number of aliphatic carboxylic acids is 1. The Morgan fingerprint density at radius 3 is 2.65 bits per heavy atom. The smallest absolute Gasteiger partial charge is 0.307 e. The maximum atomic E-state index is 12.4. The fourth-order valence-corrected chi connectivity index (χ4v) is 2.79. The molecule has 1 aliphatic rings. The lowest BCUT2D eigenvalue weighted by Crippen LogP contribution is -2.35. The molecule has 2 N–H and O–H groups in total. The number of allylic oxidation sites excluding steroid dienone is 2. The normalized spacial score (nSPS) is 20.5. The number of nitro benzene ring substituents is 1. The summed E-state index contributed by atoms with van der Waals surface area (Å²) in [4.78, 5) is 33.9. The van der Waals surface area contributed by atoms with Crippen molar-refractivity contribution in [1.29, 1.82) is 0 Å². The van der Waals surface area contributed by atoms with Crippen molar-refractivity contribution in [3.8, 4) is 0 Å². The number of nitrogens with zero attached hydrogens (tertiary/aromatic N) is 1. The van der Waals surface area contributed by atoms with E-state index in [2.05, 4.69) is 5.32 Å². The van der Waals surface area contributed by atoms with Crippen molar-refractivity contribution >= 4 is 34.9 Å². The number of aryl methyl sites for hydroxylation is 1. The number of amides is 1. The van der Waals surface area contributed by atoms with Crippen LogP contribution < -0.4 is 5.32 Å². The molecule has 7 nitrogen and oxygen atoms in total. The SMILES string of the molecule is Cc1cc([N+](=O)[O-])ccc1NC(=O)[C@H]1CC(Cl)=CC[C@@H]1C(=O)O. The number of nitro groups is 1. The van der Waals surface area contributed by atoms with Crippen LogP contribution in [0.4, 0.5) is 11.4 Å². The average molecular weight is 339 g/mol. The van der Waals surface area contributed by atoms with Crippen molar-refractivity contribution in [3.63, 3.8) is 0 Å². The van der Waals surface area contributed by atoms with E-state index in [0.717, 1.165) is 0 Å². The molecule has 0 saturated heterocycles. The predicted octanol–water partition coefficient (Wildman–Crippen LogP) is 3.08. The molecule has 0 heterocycles. The number of carboxylic acids is 1. The van der Waals surface area contributed by atoms with Crippen molar-refractivity contribution in [2.24, 2.45) is 11.8 Å². The summed E-state index contributed by atoms with van der Waals surface area (Å²) in [5.74, 6) is -3.12. The van der Waals surface area contributed by atoms with Crippen molar-refractivity contribution in [2.75, 3.05) is 5.32 Å². The minimum Gasteiger partial charge on any atom is -0.481 e. The Hall–Kier alpha value is -2.41. The third-order valence-corrected chi connectivity index (χ3v) is 4.14. The van der Waals surface area contributed by atoms with E-state index in [0.29, 0.717) is 16.3 Å². The second kappa shape index (κ2) is 6.78. The van der Waals surface area contributed by atoms with Crippen LogP contribution in [0.15, 0.2) is 29.3 Å². The Balaban J connectivity index is 2.19. The highest BCUT2D eigenvalue weighted by molar-refractivity contribution is 6.29. The van der Waals surface area contributed by atoms with Crippen LogP contribution in [-0.4, -0.2) is 21.9 Å². The summed E-state index contributed by atoms with van der Waals surface area (Å²) in [6.07, 6.45) is 1.98. The minimum absolute atomic E-state index is 0.0763. The summed E-state index contributed by atoms with van der Waals surface area (Å²) in [5, 5.41) is 23.1. The summed E-state index contributed by atoms with van der Waals surface area (Å²) in [5.41, 5.74) is 0.861. The highest BCUT2D eigenvalue weighted by atomic mass is 35.5. The van der Waals surface area contributed by atoms with Gasteiger partial charge in [0.25, 0.3) is 5.69 Å². The van der Waals surface area contributed by atoms with Crippen LogP contribution in [0.2, 0.25) is 0 Å². The molecule has 1 amide bonds. The Kier molecular flexibility index (Phi) is 5.00. The standard InChI is InChI=1S/C15H15ClN2O5/c1-8-6-10(18(22)23)3-5-13(8)17-14(19)12-7-9(16)2-4-11(12)15(20)21/h2-3,5-6,11-12H,4,7H2,1H3,(H,17,19)(H,20,21)/t11-,12-/m0/s1. The fourth-order valence-electron chi connectivity index (χ4n) is 2.53. The zero-order valence-electron chi connectivity index (χ0n) is 12.3. The fraction of sp³-hybridized carbons (Fsp3) is 0.333. The molecule has 1 aromatic rings. The third-order valence-electron chi connectivity index (χ3n) is 3.83. The zero-order chi connectivity index (χ0) is 17.1. The van der Waals surface area contributed by atoms with E-state index in [1.165, 1.54) is 18.2 Å². The predicted molar refractivity (Wildman–Crippen MR) is 84.2 cm³/mol. The van der Waals surface area contributed by atoms with Crippen molar-refractivity contribution in [2.45, 2.75) is 19.8 Å². The number of rotatable bonds is 4. The molecule has 23 heavy (non-hydrogen) atoms. The molecule has 0 aromatic heterocycles. The molecule has 0 bridgehead atoms. The van der Waals surface area contributed by atoms with Gasteiger partial charge in [-0.3, -0.25) is 19.7 Å². The first-order valence-corrected chi connectivity index (χ1v) is 7.30. The Labute approximate surface area is 137 Å². The number of anilines is 1. The van der Waals surface area contributed by atoms with Gasteiger partial charge >= 0.3 is 5.97 Å². The molecular formula is C15H15ClN2O5. The highest BCUT2D eigenvalue weighted by Crippen LogP contribution is 2.33. The second-order valence-corrected chi connectivity index (χ2v) is 5.87. The van der Waals surface area contributed by atoms with E-state index in [1.807, 2.05) is 0 Å². The van der Waals surface area contributed by atoms with Gasteiger partial charge in [0.05, 0.1) is 16.8 Å². The minimum atomic E-state index is -1.05. The van der Waals surface area contributed by atoms with Crippen LogP contribution in [0.1, 0.15) is 18.4 Å². The van der Waals surface area contributed by atoms with Crippen molar-refractivity contribution in [3.05, 3.63) is 45.0 Å². The van der Waals surface area contributed by atoms with Gasteiger partial charge in [-0.2, -0.15) is 0 Å². The van der Waals surface area contributed by atoms with Gasteiger partial charge in [0.1, 0.15) is 0 Å². The number of non-ortho nitro benzene ring substituents is 1. The van der Waals surface area contributed by atoms with Gasteiger partial charge in [0.2, 0.25) is 5.91 Å². The molecule has 0 unspecified atom stereocenters. The van der Waals surface area contributed by atoms with Crippen LogP contribution in [0.3, 0.4) is 0 Å². The Morgan fingerprint density at radius 2 is 2.09 bits per heavy atom. The molecular weight excluding hydrogens is 324 g/mol. The summed E-state index contributed by atoms with van der Waals surface area (Å²) in [6, 6.07) is 4.06. The van der Waals surface area contributed by atoms with Crippen LogP contribution >= 0.6 is 11.6 Å². The van der Waals surface area contributed by atoms with Crippen molar-refractivity contribution < 1.29 is 19.6 Å². The van der Waals surface area contributed by atoms with Gasteiger partial charge < -0.3 is 10.4 Å². The van der Waals surface area contributed by atoms with Crippen LogP contribution in [0.5, 0.6) is 0 Å². The molecule has 8 heteroatoms. The zero-order valence-corrected chi connectivity index (χ0v) is 13.0. The number of benzene rings is 1. The van der Waals surface area contributed by atoms with Crippen LogP contribution in [0.25, 0.3) is 0 Å². The lowest BCUT2D eigenvalue weighted by molar-refractivity contribution is -0.384. The maximum Gasteiger partial charge on any atom is 0.307 e. The molecule has 0 saturated carbocycles. The van der Waals surface area contributed by atoms with Crippen LogP contribution in [0, 0.1) is 28.9 Å². The molecule has 2 atom stereocenters. The molecule has 0 aliphatic heterocycles. The first kappa shape index (κ1) is 17.0. The number of carbonyl (C=O) groups is 2. The topological polar surface area (TPSA) is 110 Å². The summed E-state index contributed by atoms with van der Waals surface area (Å²) in [7, 11) is 0. The maximum absolute atomic E-state index is 12.4. The van der Waals surface area contributed by atoms with Gasteiger partial charge in [0.15, 0.2) is 0 Å². The first-order valence-electron chi connectivity index (χ1n) is 6.93. The van der Waals surface area contributed by atoms with E-state index in [4.69, 9.17) is 11.6 Å². The lowest BCUT2D eigenvalue weighted by atomic mass is 9.82. The Bertz CT molecular complexity index is 701. The van der Waals surface area contributed by atoms with Gasteiger partial charge in [-0.15, -0.1) is 0 Å². The first-order chi connectivity index (χ1) is 10.8. The molecule has 0 spiro atoms. The number of halogens is 1. The van der Waals surface area contributed by atoms with Crippen LogP contribution in [-0.2, 0) is 9.59 Å². The number of hydrogen-bond acceptors (Lipinski definition) is 4. The molecule has 2 rings (SSSR count). The lowest BCUT2D eigenvalue weighted by Gasteiger charge is -2.26. The molecule has 0 radical (unpaired) electrons. The monoisotopic (exact) mass is 338 g/mol. The second-order valence-electron chi connectivity index (χ2n) is 5.39. The van der Waals surface area contributed by atoms with E-state index in [9.17, 15) is 24.8 Å². The van der Waals surface area contributed by atoms with E-state index >= 15 is 0 Å². The van der Waals surface area contributed by atoms with E-state index in [-0.39, 0.29) is 18.5 Å². The van der Waals surface area contributed by atoms with Gasteiger partial charge in [0, 0.05) is 22.9 Å². The van der Waals surface area contributed by atoms with E-state index < -0.39 is 28.6 Å². The number of carbonyl (C=O) groups excluding carboxylic acids is 1. The summed E-state index contributed by atoms with van der Waals surface area (Å²) in [6.45, 7) is 1.63. The van der Waals surface area contributed by atoms with Gasteiger partial charge in [-0.1, -0.05) is 17.7 Å². The van der Waals surface area contributed by atoms with Crippen molar-refractivity contribution in [1.82, 2.24) is 0 Å². The number of nitrogens with one attached hydrogen (secondary N) is 1. The summed E-state index contributed by atoms with van der Waals surface area (Å²) < 4.78 is 0. The molecule has 1 aliphatic carbocycles. The van der Waals surface area contributed by atoms with E-state index in [1.54, 1.807) is 13.0 Å². The highest BCUT2D eigenvalue weighted by Gasteiger charge is 2.36. The van der Waals surface area contributed by atoms with Gasteiger partial charge in [-0.05, 0) is 31.4 Å². The molecule has 122 valence electrons.